The molecule has 12 heteroatoms. The van der Waals surface area contributed by atoms with Gasteiger partial charge in [-0.3, -0.25) is 9.69 Å². The van der Waals surface area contributed by atoms with Gasteiger partial charge < -0.3 is 20.7 Å². The fourth-order valence-corrected chi connectivity index (χ4v) is 4.35. The zero-order chi connectivity index (χ0) is 26.6. The molecule has 198 valence electrons. The van der Waals surface area contributed by atoms with Crippen LogP contribution in [0.3, 0.4) is 0 Å². The number of ether oxygens (including phenoxy) is 1. The maximum atomic E-state index is 13.7. The Morgan fingerprint density at radius 1 is 1.24 bits per heavy atom. The number of hydrogen-bond acceptors (Lipinski definition) is 6. The summed E-state index contributed by atoms with van der Waals surface area (Å²) in [5, 5.41) is 7.77. The van der Waals surface area contributed by atoms with Gasteiger partial charge in [-0.2, -0.15) is 13.2 Å². The Balaban J connectivity index is 1.44. The molecule has 1 aromatic carbocycles. The molecule has 9 nitrogen and oxygen atoms in total. The van der Waals surface area contributed by atoms with Gasteiger partial charge in [0.05, 0.1) is 35.7 Å². The van der Waals surface area contributed by atoms with Gasteiger partial charge in [-0.25, -0.2) is 14.8 Å². The second-order valence-corrected chi connectivity index (χ2v) is 8.94. The van der Waals surface area contributed by atoms with Crippen molar-refractivity contribution in [1.29, 1.82) is 0 Å². The van der Waals surface area contributed by atoms with Crippen LogP contribution in [0.5, 0.6) is 0 Å². The number of amides is 3. The number of urea groups is 1. The summed E-state index contributed by atoms with van der Waals surface area (Å²) in [4.78, 5) is 35.1. The van der Waals surface area contributed by atoms with Gasteiger partial charge in [0.25, 0.3) is 5.91 Å². The van der Waals surface area contributed by atoms with Gasteiger partial charge in [-0.15, -0.1) is 0 Å². The molecule has 0 radical (unpaired) electrons. The molecule has 2 aromatic rings. The van der Waals surface area contributed by atoms with Crippen LogP contribution in [0.15, 0.2) is 36.2 Å². The summed E-state index contributed by atoms with van der Waals surface area (Å²) in [6.07, 6.45) is 0.490. The van der Waals surface area contributed by atoms with Crippen molar-refractivity contribution >= 4 is 23.3 Å². The highest BCUT2D eigenvalue weighted by atomic mass is 19.4. The minimum atomic E-state index is -4.54. The summed E-state index contributed by atoms with van der Waals surface area (Å²) < 4.78 is 46.5. The number of aromatic nitrogens is 2. The van der Waals surface area contributed by atoms with E-state index >= 15 is 0 Å². The largest absolute Gasteiger partial charge is 0.488 e. The lowest BCUT2D eigenvalue weighted by atomic mass is 10.0. The molecule has 1 aromatic heterocycles. The Morgan fingerprint density at radius 2 is 2.00 bits per heavy atom. The van der Waals surface area contributed by atoms with Crippen molar-refractivity contribution in [3.8, 4) is 0 Å². The number of anilines is 2. The molecular formula is C25H29F3N6O3. The summed E-state index contributed by atoms with van der Waals surface area (Å²) >= 11 is 0. The number of carbonyl (C=O) groups excluding carboxylic acids is 2. The van der Waals surface area contributed by atoms with Crippen LogP contribution in [0.4, 0.5) is 29.3 Å². The van der Waals surface area contributed by atoms with Gasteiger partial charge in [0.1, 0.15) is 5.82 Å². The van der Waals surface area contributed by atoms with Crippen LogP contribution in [0.1, 0.15) is 48.3 Å². The molecule has 3 N–H and O–H groups in total. The predicted molar refractivity (Wildman–Crippen MR) is 131 cm³/mol. The average molecular weight is 519 g/mol. The fraction of sp³-hybridized carbons (Fsp3) is 0.440. The first-order valence-corrected chi connectivity index (χ1v) is 12.1. The number of benzene rings is 1. The van der Waals surface area contributed by atoms with E-state index in [0.29, 0.717) is 30.4 Å². The number of halogens is 3. The van der Waals surface area contributed by atoms with Crippen LogP contribution in [-0.2, 0) is 22.3 Å². The Labute approximate surface area is 212 Å². The van der Waals surface area contributed by atoms with Crippen molar-refractivity contribution in [1.82, 2.24) is 20.2 Å². The minimum Gasteiger partial charge on any atom is -0.488 e. The molecule has 3 heterocycles. The van der Waals surface area contributed by atoms with E-state index in [0.717, 1.165) is 32.0 Å². The molecule has 4 rings (SSSR count). The number of hydrogen-bond donors (Lipinski definition) is 3. The summed E-state index contributed by atoms with van der Waals surface area (Å²) in [5.41, 5.74) is 0.203. The normalized spacial score (nSPS) is 18.2. The lowest BCUT2D eigenvalue weighted by Crippen LogP contribution is -2.35. The van der Waals surface area contributed by atoms with Crippen molar-refractivity contribution in [2.45, 2.75) is 45.3 Å². The molecule has 2 aliphatic heterocycles. The lowest BCUT2D eigenvalue weighted by molar-refractivity contribution is -0.138. The van der Waals surface area contributed by atoms with E-state index in [1.54, 1.807) is 19.9 Å². The zero-order valence-corrected chi connectivity index (χ0v) is 20.6. The van der Waals surface area contributed by atoms with Crippen LogP contribution in [0, 0.1) is 6.92 Å². The van der Waals surface area contributed by atoms with Gasteiger partial charge in [-0.1, -0.05) is 6.07 Å². The van der Waals surface area contributed by atoms with E-state index in [1.807, 2.05) is 4.90 Å². The van der Waals surface area contributed by atoms with Crippen molar-refractivity contribution in [3.63, 3.8) is 0 Å². The lowest BCUT2D eigenvalue weighted by Gasteiger charge is -2.21. The Bertz CT molecular complexity index is 1190. The second-order valence-electron chi connectivity index (χ2n) is 8.94. The number of rotatable bonds is 7. The zero-order valence-electron chi connectivity index (χ0n) is 20.6. The average Bonchev–Trinajstić information content (AvgIpc) is 3.35. The van der Waals surface area contributed by atoms with E-state index in [4.69, 9.17) is 4.74 Å². The highest BCUT2D eigenvalue weighted by Crippen LogP contribution is 2.35. The topological polar surface area (TPSA) is 108 Å². The first-order valence-electron chi connectivity index (χ1n) is 12.1. The molecular weight excluding hydrogens is 489 g/mol. The van der Waals surface area contributed by atoms with Gasteiger partial charge >= 0.3 is 12.2 Å². The van der Waals surface area contributed by atoms with Crippen molar-refractivity contribution in [2.24, 2.45) is 0 Å². The number of nitrogens with one attached hydrogen (secondary N) is 3. The highest BCUT2D eigenvalue weighted by molar-refractivity contribution is 6.00. The molecule has 1 fully saturated rings. The van der Waals surface area contributed by atoms with Gasteiger partial charge in [0.15, 0.2) is 5.76 Å². The van der Waals surface area contributed by atoms with E-state index in [1.165, 1.54) is 18.3 Å². The van der Waals surface area contributed by atoms with Crippen LogP contribution >= 0.6 is 0 Å². The molecule has 0 saturated carbocycles. The number of carbonyl (C=O) groups is 2. The summed E-state index contributed by atoms with van der Waals surface area (Å²) in [7, 11) is 0. The molecule has 3 amide bonds. The van der Waals surface area contributed by atoms with Gasteiger partial charge in [0, 0.05) is 18.8 Å². The van der Waals surface area contributed by atoms with Gasteiger partial charge in [-0.05, 0) is 63.6 Å². The Hall–Kier alpha value is -3.67. The number of nitrogens with zero attached hydrogens (tertiary/aromatic N) is 3. The molecule has 37 heavy (non-hydrogen) atoms. The van der Waals surface area contributed by atoms with Crippen LogP contribution < -0.4 is 16.0 Å². The molecule has 0 spiro atoms. The van der Waals surface area contributed by atoms with Crippen LogP contribution in [0.2, 0.25) is 0 Å². The molecule has 1 saturated heterocycles. The number of aryl methyl sites for hydroxylation is 1. The third-order valence-electron chi connectivity index (χ3n) is 6.20. The summed E-state index contributed by atoms with van der Waals surface area (Å²) in [5.74, 6) is 0.0264. The molecule has 0 bridgehead atoms. The van der Waals surface area contributed by atoms with Crippen molar-refractivity contribution in [2.75, 3.05) is 36.9 Å². The molecule has 2 aliphatic rings. The number of alkyl halides is 3. The van der Waals surface area contributed by atoms with Crippen LogP contribution in [0.25, 0.3) is 0 Å². The first kappa shape index (κ1) is 26.4. The Kier molecular flexibility index (Phi) is 7.96. The predicted octanol–water partition coefficient (Wildman–Crippen LogP) is 4.18. The molecule has 0 aliphatic carbocycles. The maximum absolute atomic E-state index is 13.7. The quantitative estimate of drug-likeness (QED) is 0.508. The third kappa shape index (κ3) is 6.56. The summed E-state index contributed by atoms with van der Waals surface area (Å²) in [6, 6.07) is 3.11. The monoisotopic (exact) mass is 518 g/mol. The molecule has 1 atom stereocenters. The van der Waals surface area contributed by atoms with Gasteiger partial charge in [0.2, 0.25) is 0 Å². The maximum Gasteiger partial charge on any atom is 0.416 e. The van der Waals surface area contributed by atoms with E-state index in [2.05, 4.69) is 25.9 Å². The summed E-state index contributed by atoms with van der Waals surface area (Å²) in [6.45, 7) is 5.86. The highest BCUT2D eigenvalue weighted by Gasteiger charge is 2.34. The number of likely N-dealkylation sites (tertiary alicyclic amines) is 1. The first-order chi connectivity index (χ1) is 17.6. The standard InChI is InChI=1S/C25H29F3N6O3/c1-3-37-21-10-17(12-30-23(21)35)22-29-13-20(15(2)31-22)33-24(36)32-18-7-6-16(14-34-8-4-5-9-34)19(11-18)25(26,27)28/h6-7,10-11,13,17H,3-5,8-9,12,14H2,1-2H3,(H,30,35)(H2,32,33,36). The smallest absolute Gasteiger partial charge is 0.416 e. The van der Waals surface area contributed by atoms with Crippen molar-refractivity contribution < 1.29 is 27.5 Å². The third-order valence-corrected chi connectivity index (χ3v) is 6.20. The van der Waals surface area contributed by atoms with Crippen molar-refractivity contribution in [3.05, 3.63) is 58.9 Å². The van der Waals surface area contributed by atoms with E-state index in [9.17, 15) is 22.8 Å². The SMILES string of the molecule is CCOC1=CC(c2ncc(NC(=O)Nc3ccc(CN4CCCC4)c(C(F)(F)F)c3)c(C)n2)CNC1=O. The minimum absolute atomic E-state index is 0.0247. The Morgan fingerprint density at radius 3 is 2.68 bits per heavy atom. The van der Waals surface area contributed by atoms with Crippen LogP contribution in [-0.4, -0.2) is 53.0 Å². The van der Waals surface area contributed by atoms with E-state index in [-0.39, 0.29) is 35.4 Å². The van der Waals surface area contributed by atoms with E-state index < -0.39 is 17.8 Å². The molecule has 1 unspecified atom stereocenters. The second kappa shape index (κ2) is 11.2. The fourth-order valence-electron chi connectivity index (χ4n) is 4.35.